The molecule has 1 aromatic carbocycles. The molecule has 0 spiro atoms. The molecule has 0 saturated carbocycles. The van der Waals surface area contributed by atoms with Gasteiger partial charge in [-0.3, -0.25) is 0 Å². The molecule has 2 aromatic heterocycles. The smallest absolute Gasteiger partial charge is 0.312 e. The lowest BCUT2D eigenvalue weighted by Crippen LogP contribution is -2.07. The van der Waals surface area contributed by atoms with Crippen molar-refractivity contribution in [2.24, 2.45) is 0 Å². The van der Waals surface area contributed by atoms with Gasteiger partial charge in [0.25, 0.3) is 0 Å². The van der Waals surface area contributed by atoms with E-state index in [0.717, 1.165) is 18.4 Å². The van der Waals surface area contributed by atoms with Crippen LogP contribution in [-0.2, 0) is 13.0 Å². The summed E-state index contributed by atoms with van der Waals surface area (Å²) in [6, 6.07) is 3.72. The van der Waals surface area contributed by atoms with E-state index in [1.165, 1.54) is 0 Å². The molecule has 0 radical (unpaired) electrons. The number of unbranched alkanes of at least 4 members (excludes halogenated alkanes) is 1. The number of ether oxygens (including phenoxy) is 3. The number of nitrogens with two attached hydrogens (primary N) is 1. The van der Waals surface area contributed by atoms with Gasteiger partial charge in [-0.1, -0.05) is 13.3 Å². The fourth-order valence-corrected chi connectivity index (χ4v) is 3.15. The number of methoxy groups -OCH3 is 3. The number of aromatic nitrogens is 4. The number of rotatable bonds is 8. The fourth-order valence-electron chi connectivity index (χ4n) is 3.15. The molecule has 28 heavy (non-hydrogen) atoms. The van der Waals surface area contributed by atoms with E-state index in [-0.39, 0.29) is 5.82 Å². The fraction of sp³-hybridized carbons (Fsp3) is 0.421. The molecule has 150 valence electrons. The molecule has 0 unspecified atom stereocenters. The van der Waals surface area contributed by atoms with Crippen LogP contribution in [0.1, 0.15) is 31.2 Å². The van der Waals surface area contributed by atoms with Gasteiger partial charge in [0.1, 0.15) is 5.82 Å². The van der Waals surface area contributed by atoms with Gasteiger partial charge in [0.2, 0.25) is 5.75 Å². The van der Waals surface area contributed by atoms with Crippen LogP contribution in [0, 0.1) is 6.08 Å². The predicted molar refractivity (Wildman–Crippen MR) is 104 cm³/mol. The van der Waals surface area contributed by atoms with Gasteiger partial charge < -0.3 is 24.5 Å². The lowest BCUT2D eigenvalue weighted by molar-refractivity contribution is 0.324. The minimum absolute atomic E-state index is 0.0314. The molecule has 9 heteroatoms. The molecule has 0 bridgehead atoms. The van der Waals surface area contributed by atoms with Crippen molar-refractivity contribution in [2.75, 3.05) is 27.1 Å². The molecule has 8 nitrogen and oxygen atoms in total. The van der Waals surface area contributed by atoms with Crippen LogP contribution in [0.4, 0.5) is 10.2 Å². The highest BCUT2D eigenvalue weighted by atomic mass is 19.1. The van der Waals surface area contributed by atoms with E-state index in [2.05, 4.69) is 21.9 Å². The van der Waals surface area contributed by atoms with Crippen molar-refractivity contribution in [2.45, 2.75) is 32.7 Å². The number of nitrogen functional groups attached to an aromatic ring is 1. The Labute approximate surface area is 162 Å². The third-order valence-corrected chi connectivity index (χ3v) is 4.50. The molecular formula is C19H24FN5O3. The van der Waals surface area contributed by atoms with Gasteiger partial charge in [-0.05, 0) is 24.1 Å². The summed E-state index contributed by atoms with van der Waals surface area (Å²) in [7, 11) is 4.69. The topological polar surface area (TPSA) is 97.3 Å². The van der Waals surface area contributed by atoms with Crippen molar-refractivity contribution < 1.29 is 18.6 Å². The Morgan fingerprint density at radius 1 is 1.04 bits per heavy atom. The third kappa shape index (κ3) is 3.64. The average Bonchev–Trinajstić information content (AvgIpc) is 3.02. The number of hydrogen-bond acceptors (Lipinski definition) is 7. The number of hydrogen-bond donors (Lipinski definition) is 1. The minimum atomic E-state index is -0.859. The van der Waals surface area contributed by atoms with Gasteiger partial charge in [-0.2, -0.15) is 14.4 Å². The highest BCUT2D eigenvalue weighted by Crippen LogP contribution is 2.38. The Morgan fingerprint density at radius 3 is 2.29 bits per heavy atom. The first kappa shape index (κ1) is 19.7. The average molecular weight is 389 g/mol. The standard InChI is InChI=1S/C19H24FN5O3/c1-5-6-7-25-14(22-15-17(21)23-19(20)24-18(15)25)10-11-8-12(26-2)16(28-4)13(9-11)27-3/h8-9H,5-7,10H2,1-4H3,(H2,21,23,24). The summed E-state index contributed by atoms with van der Waals surface area (Å²) < 4.78 is 31.8. The molecule has 0 aliphatic carbocycles. The molecule has 0 amide bonds. The molecular weight excluding hydrogens is 365 g/mol. The van der Waals surface area contributed by atoms with Gasteiger partial charge in [-0.25, -0.2) is 4.98 Å². The van der Waals surface area contributed by atoms with Crippen molar-refractivity contribution in [3.8, 4) is 17.2 Å². The van der Waals surface area contributed by atoms with E-state index < -0.39 is 6.08 Å². The van der Waals surface area contributed by atoms with Gasteiger partial charge in [0.05, 0.1) is 21.3 Å². The molecule has 2 N–H and O–H groups in total. The van der Waals surface area contributed by atoms with E-state index in [4.69, 9.17) is 19.9 Å². The lowest BCUT2D eigenvalue weighted by atomic mass is 10.1. The zero-order valence-corrected chi connectivity index (χ0v) is 16.5. The summed E-state index contributed by atoms with van der Waals surface area (Å²) in [5.41, 5.74) is 7.57. The maximum Gasteiger partial charge on any atom is 0.312 e. The molecule has 0 aliphatic rings. The Bertz CT molecular complexity index is 964. The van der Waals surface area contributed by atoms with Gasteiger partial charge in [0, 0.05) is 13.0 Å². The second kappa shape index (κ2) is 8.28. The van der Waals surface area contributed by atoms with Crippen molar-refractivity contribution in [3.63, 3.8) is 0 Å². The zero-order valence-electron chi connectivity index (χ0n) is 16.5. The Balaban J connectivity index is 2.10. The molecule has 2 heterocycles. The van der Waals surface area contributed by atoms with Crippen molar-refractivity contribution >= 4 is 17.0 Å². The molecule has 3 aromatic rings. The Morgan fingerprint density at radius 2 is 1.71 bits per heavy atom. The number of fused-ring (bicyclic) bond motifs is 1. The zero-order chi connectivity index (χ0) is 20.3. The lowest BCUT2D eigenvalue weighted by Gasteiger charge is -2.14. The first-order chi connectivity index (χ1) is 13.5. The number of imidazole rings is 1. The Kier molecular flexibility index (Phi) is 5.81. The molecule has 0 saturated heterocycles. The highest BCUT2D eigenvalue weighted by Gasteiger charge is 2.19. The molecule has 0 atom stereocenters. The third-order valence-electron chi connectivity index (χ3n) is 4.50. The van der Waals surface area contributed by atoms with Crippen LogP contribution in [0.3, 0.4) is 0 Å². The van der Waals surface area contributed by atoms with Crippen molar-refractivity contribution in [3.05, 3.63) is 29.6 Å². The summed E-state index contributed by atoms with van der Waals surface area (Å²) in [5.74, 6) is 2.37. The number of nitrogens with zero attached hydrogens (tertiary/aromatic N) is 4. The van der Waals surface area contributed by atoms with Crippen LogP contribution in [0.5, 0.6) is 17.2 Å². The largest absolute Gasteiger partial charge is 0.493 e. The number of aryl methyl sites for hydroxylation is 1. The Hall–Kier alpha value is -3.10. The van der Waals surface area contributed by atoms with Gasteiger partial charge in [0.15, 0.2) is 28.5 Å². The summed E-state index contributed by atoms with van der Waals surface area (Å²) in [6.45, 7) is 2.74. The second-order valence-corrected chi connectivity index (χ2v) is 6.29. The van der Waals surface area contributed by atoms with Crippen LogP contribution in [0.2, 0.25) is 0 Å². The first-order valence-electron chi connectivity index (χ1n) is 8.99. The number of halogens is 1. The van der Waals surface area contributed by atoms with Crippen molar-refractivity contribution in [1.82, 2.24) is 19.5 Å². The molecule has 3 rings (SSSR count). The van der Waals surface area contributed by atoms with Crippen LogP contribution >= 0.6 is 0 Å². The summed E-state index contributed by atoms with van der Waals surface area (Å²) in [4.78, 5) is 12.1. The quantitative estimate of drug-likeness (QED) is 0.592. The van der Waals surface area contributed by atoms with Crippen LogP contribution < -0.4 is 19.9 Å². The van der Waals surface area contributed by atoms with E-state index in [9.17, 15) is 4.39 Å². The monoisotopic (exact) mass is 389 g/mol. The highest BCUT2D eigenvalue weighted by molar-refractivity contribution is 5.82. The normalized spacial score (nSPS) is 11.0. The second-order valence-electron chi connectivity index (χ2n) is 6.29. The number of anilines is 1. The minimum Gasteiger partial charge on any atom is -0.493 e. The SMILES string of the molecule is CCCCn1c(Cc2cc(OC)c(OC)c(OC)c2)nc2c(N)nc(F)nc21. The maximum atomic E-state index is 13.7. The summed E-state index contributed by atoms with van der Waals surface area (Å²) in [5, 5.41) is 0. The van der Waals surface area contributed by atoms with Crippen LogP contribution in [0.15, 0.2) is 12.1 Å². The van der Waals surface area contributed by atoms with Crippen molar-refractivity contribution in [1.29, 1.82) is 0 Å². The van der Waals surface area contributed by atoms with E-state index in [1.54, 1.807) is 21.3 Å². The van der Waals surface area contributed by atoms with Crippen LogP contribution in [0.25, 0.3) is 11.2 Å². The van der Waals surface area contributed by atoms with Gasteiger partial charge in [-0.15, -0.1) is 0 Å². The summed E-state index contributed by atoms with van der Waals surface area (Å²) in [6.07, 6.45) is 1.48. The van der Waals surface area contributed by atoms with Crippen LogP contribution in [-0.4, -0.2) is 40.8 Å². The molecule has 0 fully saturated rings. The van der Waals surface area contributed by atoms with E-state index in [0.29, 0.717) is 47.2 Å². The first-order valence-corrected chi connectivity index (χ1v) is 8.99. The van der Waals surface area contributed by atoms with Gasteiger partial charge >= 0.3 is 6.08 Å². The van der Waals surface area contributed by atoms with E-state index in [1.807, 2.05) is 16.7 Å². The maximum absolute atomic E-state index is 13.7. The molecule has 0 aliphatic heterocycles. The predicted octanol–water partition coefficient (Wildman–Crippen LogP) is 2.96. The number of benzene rings is 1. The van der Waals surface area contributed by atoms with E-state index >= 15 is 0 Å². The summed E-state index contributed by atoms with van der Waals surface area (Å²) >= 11 is 0.